The molecule has 1 aliphatic heterocycles. The number of primary amides is 1. The van der Waals surface area contributed by atoms with Crippen LogP contribution in [0.1, 0.15) is 38.1 Å². The number of fused-ring (bicyclic) bond motifs is 1. The topological polar surface area (TPSA) is 92.5 Å². The lowest BCUT2D eigenvalue weighted by atomic mass is 10.0. The Balaban J connectivity index is 1.95. The Bertz CT molecular complexity index is 928. The summed E-state index contributed by atoms with van der Waals surface area (Å²) in [5, 5.41) is 3.43. The molecule has 3 N–H and O–H groups in total. The van der Waals surface area contributed by atoms with Crippen molar-refractivity contribution in [3.05, 3.63) is 49.3 Å². The minimum atomic E-state index is -0.602. The second-order valence-electron chi connectivity index (χ2n) is 5.84. The molecule has 0 fully saturated rings. The summed E-state index contributed by atoms with van der Waals surface area (Å²) in [6.07, 6.45) is 0.525. The van der Waals surface area contributed by atoms with Gasteiger partial charge in [0.05, 0.1) is 22.7 Å². The predicted molar refractivity (Wildman–Crippen MR) is 105 cm³/mol. The van der Waals surface area contributed by atoms with Gasteiger partial charge in [0.25, 0.3) is 11.8 Å². The zero-order valence-corrected chi connectivity index (χ0v) is 16.9. The van der Waals surface area contributed by atoms with Gasteiger partial charge in [-0.3, -0.25) is 14.4 Å². The molecule has 2 heterocycles. The number of nitrogens with two attached hydrogens (primary N) is 1. The van der Waals surface area contributed by atoms with Gasteiger partial charge in [0.15, 0.2) is 0 Å². The normalized spacial score (nSPS) is 13.3. The van der Waals surface area contributed by atoms with E-state index in [9.17, 15) is 14.4 Å². The Kier molecular flexibility index (Phi) is 5.36. The van der Waals surface area contributed by atoms with Gasteiger partial charge in [-0.1, -0.05) is 27.5 Å². The lowest BCUT2D eigenvalue weighted by Gasteiger charge is -2.25. The number of thiophene rings is 1. The van der Waals surface area contributed by atoms with Gasteiger partial charge in [-0.2, -0.15) is 0 Å². The molecule has 3 rings (SSSR count). The lowest BCUT2D eigenvalue weighted by molar-refractivity contribution is -0.129. The molecule has 6 nitrogen and oxygen atoms in total. The highest BCUT2D eigenvalue weighted by atomic mass is 79.9. The van der Waals surface area contributed by atoms with Crippen molar-refractivity contribution in [1.82, 2.24) is 4.90 Å². The summed E-state index contributed by atoms with van der Waals surface area (Å²) in [4.78, 5) is 38.8. The number of halogens is 2. The number of nitrogens with zero attached hydrogens (tertiary/aromatic N) is 1. The average molecular weight is 457 g/mol. The standard InChI is InChI=1S/C17H15BrClN3O3S/c1-8(23)22-5-4-10-13(7-22)26-17(14(10)15(20)24)21-16(25)11-6-9(18)2-3-12(11)19/h2-3,6H,4-5,7H2,1H3,(H2,20,24)(H,21,25). The highest BCUT2D eigenvalue weighted by Crippen LogP contribution is 2.37. The highest BCUT2D eigenvalue weighted by molar-refractivity contribution is 9.10. The Morgan fingerprint density at radius 3 is 2.73 bits per heavy atom. The average Bonchev–Trinajstić information content (AvgIpc) is 2.93. The summed E-state index contributed by atoms with van der Waals surface area (Å²) >= 11 is 10.7. The first-order valence-electron chi connectivity index (χ1n) is 7.74. The quantitative estimate of drug-likeness (QED) is 0.741. The van der Waals surface area contributed by atoms with Crippen LogP contribution in [0.3, 0.4) is 0 Å². The molecule has 0 spiro atoms. The largest absolute Gasteiger partial charge is 0.365 e. The van der Waals surface area contributed by atoms with Gasteiger partial charge >= 0.3 is 0 Å². The maximum atomic E-state index is 12.6. The van der Waals surface area contributed by atoms with Crippen LogP contribution in [0.15, 0.2) is 22.7 Å². The third-order valence-corrected chi connectivity index (χ3v) is 6.10. The Morgan fingerprint density at radius 1 is 1.35 bits per heavy atom. The molecule has 0 radical (unpaired) electrons. The third kappa shape index (κ3) is 3.62. The summed E-state index contributed by atoms with van der Waals surface area (Å²) in [6.45, 7) is 2.43. The molecule has 26 heavy (non-hydrogen) atoms. The van der Waals surface area contributed by atoms with E-state index in [1.807, 2.05) is 0 Å². The number of benzene rings is 1. The fourth-order valence-electron chi connectivity index (χ4n) is 2.86. The molecule has 3 amide bonds. The molecule has 1 aliphatic rings. The van der Waals surface area contributed by atoms with E-state index in [0.29, 0.717) is 39.6 Å². The monoisotopic (exact) mass is 455 g/mol. The number of rotatable bonds is 3. The zero-order valence-electron chi connectivity index (χ0n) is 13.8. The van der Waals surface area contributed by atoms with Gasteiger partial charge in [-0.05, 0) is 30.2 Å². The summed E-state index contributed by atoms with van der Waals surface area (Å²) in [7, 11) is 0. The van der Waals surface area contributed by atoms with E-state index in [1.165, 1.54) is 18.3 Å². The minimum Gasteiger partial charge on any atom is -0.365 e. The lowest BCUT2D eigenvalue weighted by Crippen LogP contribution is -2.34. The Hall–Kier alpha value is -1.90. The SMILES string of the molecule is CC(=O)N1CCc2c(sc(NC(=O)c3cc(Br)ccc3Cl)c2C(N)=O)C1. The van der Waals surface area contributed by atoms with Gasteiger partial charge in [0.2, 0.25) is 5.91 Å². The van der Waals surface area contributed by atoms with Gasteiger partial charge in [0.1, 0.15) is 5.00 Å². The maximum absolute atomic E-state index is 12.6. The van der Waals surface area contributed by atoms with E-state index < -0.39 is 11.8 Å². The first-order valence-corrected chi connectivity index (χ1v) is 9.73. The van der Waals surface area contributed by atoms with Crippen molar-refractivity contribution in [3.8, 4) is 0 Å². The molecule has 0 aliphatic carbocycles. The predicted octanol–water partition coefficient (Wildman–Crippen LogP) is 3.42. The van der Waals surface area contributed by atoms with Crippen molar-refractivity contribution in [2.75, 3.05) is 11.9 Å². The summed E-state index contributed by atoms with van der Waals surface area (Å²) in [5.74, 6) is -1.06. The van der Waals surface area contributed by atoms with Crippen LogP contribution in [-0.4, -0.2) is 29.2 Å². The van der Waals surface area contributed by atoms with E-state index in [-0.39, 0.29) is 11.5 Å². The molecule has 1 aromatic heterocycles. The molecule has 0 bridgehead atoms. The number of hydrogen-bond acceptors (Lipinski definition) is 4. The van der Waals surface area contributed by atoms with E-state index in [2.05, 4.69) is 21.2 Å². The van der Waals surface area contributed by atoms with E-state index in [0.717, 1.165) is 10.4 Å². The van der Waals surface area contributed by atoms with E-state index in [1.54, 1.807) is 23.1 Å². The van der Waals surface area contributed by atoms with Crippen molar-refractivity contribution in [2.24, 2.45) is 5.73 Å². The zero-order chi connectivity index (χ0) is 19.0. The molecule has 9 heteroatoms. The van der Waals surface area contributed by atoms with Crippen LogP contribution in [0.5, 0.6) is 0 Å². The number of anilines is 1. The third-order valence-electron chi connectivity index (χ3n) is 4.15. The first kappa shape index (κ1) is 18.9. The molecular formula is C17H15BrClN3O3S. The number of hydrogen-bond donors (Lipinski definition) is 2. The van der Waals surface area contributed by atoms with Crippen LogP contribution in [0.2, 0.25) is 5.02 Å². The van der Waals surface area contributed by atoms with Gasteiger partial charge < -0.3 is 16.0 Å². The Labute approximate surface area is 167 Å². The summed E-state index contributed by atoms with van der Waals surface area (Å²) < 4.78 is 0.713. The van der Waals surface area contributed by atoms with Crippen LogP contribution >= 0.6 is 38.9 Å². The van der Waals surface area contributed by atoms with Gasteiger partial charge in [0, 0.05) is 22.8 Å². The van der Waals surface area contributed by atoms with Crippen LogP contribution in [0, 0.1) is 0 Å². The molecule has 2 aromatic rings. The number of carbonyl (C=O) groups is 3. The van der Waals surface area contributed by atoms with Crippen molar-refractivity contribution < 1.29 is 14.4 Å². The molecular weight excluding hydrogens is 442 g/mol. The molecule has 0 saturated carbocycles. The fourth-order valence-corrected chi connectivity index (χ4v) is 4.69. The van der Waals surface area contributed by atoms with Crippen LogP contribution in [0.25, 0.3) is 0 Å². The number of carbonyl (C=O) groups excluding carboxylic acids is 3. The summed E-state index contributed by atoms with van der Waals surface area (Å²) in [6, 6.07) is 4.94. The smallest absolute Gasteiger partial charge is 0.257 e. The van der Waals surface area contributed by atoms with Crippen LogP contribution < -0.4 is 11.1 Å². The van der Waals surface area contributed by atoms with Crippen molar-refractivity contribution in [3.63, 3.8) is 0 Å². The van der Waals surface area contributed by atoms with Crippen molar-refractivity contribution in [1.29, 1.82) is 0 Å². The molecule has 1 aromatic carbocycles. The molecule has 136 valence electrons. The number of nitrogens with one attached hydrogen (secondary N) is 1. The molecule has 0 atom stereocenters. The van der Waals surface area contributed by atoms with Crippen LogP contribution in [0.4, 0.5) is 5.00 Å². The minimum absolute atomic E-state index is 0.0313. The van der Waals surface area contributed by atoms with E-state index >= 15 is 0 Å². The second kappa shape index (κ2) is 7.38. The number of amides is 3. The molecule has 0 saturated heterocycles. The molecule has 0 unspecified atom stereocenters. The van der Waals surface area contributed by atoms with Gasteiger partial charge in [-0.25, -0.2) is 0 Å². The second-order valence-corrected chi connectivity index (χ2v) is 8.27. The first-order chi connectivity index (χ1) is 12.3. The van der Waals surface area contributed by atoms with Crippen LogP contribution in [-0.2, 0) is 17.8 Å². The summed E-state index contributed by atoms with van der Waals surface area (Å²) in [5.41, 5.74) is 6.95. The Morgan fingerprint density at radius 2 is 2.08 bits per heavy atom. The van der Waals surface area contributed by atoms with Gasteiger partial charge in [-0.15, -0.1) is 11.3 Å². The van der Waals surface area contributed by atoms with Crippen molar-refractivity contribution >= 4 is 61.6 Å². The fraction of sp³-hybridized carbons (Fsp3) is 0.235. The highest BCUT2D eigenvalue weighted by Gasteiger charge is 2.28. The van der Waals surface area contributed by atoms with Crippen molar-refractivity contribution in [2.45, 2.75) is 19.9 Å². The van der Waals surface area contributed by atoms with E-state index in [4.69, 9.17) is 17.3 Å². The maximum Gasteiger partial charge on any atom is 0.257 e.